The number of nitrogens with one attached hydrogen (secondary N) is 1. The van der Waals surface area contributed by atoms with Crippen LogP contribution in [0.4, 0.5) is 5.88 Å². The fourth-order valence-corrected chi connectivity index (χ4v) is 2.28. The fourth-order valence-electron chi connectivity index (χ4n) is 2.28. The molecule has 0 aliphatic carbocycles. The van der Waals surface area contributed by atoms with E-state index in [1.807, 2.05) is 0 Å². The van der Waals surface area contributed by atoms with E-state index in [4.69, 9.17) is 9.52 Å². The lowest BCUT2D eigenvalue weighted by molar-refractivity contribution is 0.0663. The monoisotopic (exact) mass is 238 g/mol. The summed E-state index contributed by atoms with van der Waals surface area (Å²) in [7, 11) is 2.11. The molecule has 0 spiro atoms. The van der Waals surface area contributed by atoms with Crippen molar-refractivity contribution in [2.24, 2.45) is 5.92 Å². The molecule has 1 aromatic heterocycles. The highest BCUT2D eigenvalue weighted by Crippen LogP contribution is 2.22. The Morgan fingerprint density at radius 3 is 2.94 bits per heavy atom. The summed E-state index contributed by atoms with van der Waals surface area (Å²) in [6, 6.07) is 3.50. The molecule has 2 heterocycles. The summed E-state index contributed by atoms with van der Waals surface area (Å²) >= 11 is 0. The molecule has 0 aromatic carbocycles. The van der Waals surface area contributed by atoms with Crippen molar-refractivity contribution in [1.82, 2.24) is 4.90 Å². The maximum absolute atomic E-state index is 10.7. The van der Waals surface area contributed by atoms with Crippen molar-refractivity contribution < 1.29 is 14.3 Å². The molecule has 2 atom stereocenters. The number of hydrogen-bond acceptors (Lipinski definition) is 4. The minimum Gasteiger partial charge on any atom is -0.475 e. The van der Waals surface area contributed by atoms with Gasteiger partial charge in [-0.1, -0.05) is 6.92 Å². The summed E-state index contributed by atoms with van der Waals surface area (Å²) < 4.78 is 5.20. The van der Waals surface area contributed by atoms with E-state index < -0.39 is 5.97 Å². The summed E-state index contributed by atoms with van der Waals surface area (Å²) in [6.45, 7) is 4.28. The largest absolute Gasteiger partial charge is 0.475 e. The predicted molar refractivity (Wildman–Crippen MR) is 64.4 cm³/mol. The van der Waals surface area contributed by atoms with Crippen LogP contribution in [0.2, 0.25) is 0 Å². The number of rotatable bonds is 3. The van der Waals surface area contributed by atoms with Crippen molar-refractivity contribution in [2.45, 2.75) is 19.4 Å². The lowest BCUT2D eigenvalue weighted by Gasteiger charge is -2.35. The number of anilines is 1. The number of carbonyl (C=O) groups is 1. The molecule has 0 radical (unpaired) electrons. The SMILES string of the molecule is CC1CN(C)CCC1Nc1ccc(C(=O)O)o1. The Balaban J connectivity index is 1.98. The first kappa shape index (κ1) is 12.0. The zero-order valence-corrected chi connectivity index (χ0v) is 10.1. The molecule has 2 N–H and O–H groups in total. The second kappa shape index (κ2) is 4.79. The number of carboxylic acid groups (broad SMARTS) is 1. The van der Waals surface area contributed by atoms with Gasteiger partial charge in [-0.3, -0.25) is 0 Å². The normalized spacial score (nSPS) is 25.8. The minimum atomic E-state index is -1.03. The van der Waals surface area contributed by atoms with Crippen molar-refractivity contribution >= 4 is 11.9 Å². The van der Waals surface area contributed by atoms with Crippen LogP contribution in [0.5, 0.6) is 0 Å². The first-order valence-corrected chi connectivity index (χ1v) is 5.84. The number of nitrogens with zero attached hydrogens (tertiary/aromatic N) is 1. The Bertz CT molecular complexity index is 402. The second-order valence-electron chi connectivity index (χ2n) is 4.75. The van der Waals surface area contributed by atoms with E-state index in [2.05, 4.69) is 24.2 Å². The van der Waals surface area contributed by atoms with Gasteiger partial charge in [0.15, 0.2) is 5.88 Å². The third-order valence-electron chi connectivity index (χ3n) is 3.25. The molecule has 2 rings (SSSR count). The maximum atomic E-state index is 10.7. The molecule has 94 valence electrons. The molecular weight excluding hydrogens is 220 g/mol. The molecule has 1 aliphatic rings. The zero-order valence-electron chi connectivity index (χ0n) is 10.1. The molecule has 1 fully saturated rings. The van der Waals surface area contributed by atoms with Gasteiger partial charge in [-0.25, -0.2) is 4.79 Å². The van der Waals surface area contributed by atoms with E-state index in [1.165, 1.54) is 6.07 Å². The van der Waals surface area contributed by atoms with Crippen LogP contribution < -0.4 is 5.32 Å². The van der Waals surface area contributed by atoms with Gasteiger partial charge in [0.2, 0.25) is 5.76 Å². The average Bonchev–Trinajstić information content (AvgIpc) is 2.71. The Hall–Kier alpha value is -1.49. The van der Waals surface area contributed by atoms with Crippen LogP contribution in [0.3, 0.4) is 0 Å². The molecule has 0 saturated carbocycles. The molecule has 1 saturated heterocycles. The van der Waals surface area contributed by atoms with E-state index in [0.717, 1.165) is 19.5 Å². The first-order chi connectivity index (χ1) is 8.06. The highest BCUT2D eigenvalue weighted by Gasteiger charge is 2.24. The van der Waals surface area contributed by atoms with Crippen LogP contribution in [0.1, 0.15) is 23.9 Å². The Kier molecular flexibility index (Phi) is 3.38. The summed E-state index contributed by atoms with van der Waals surface area (Å²) in [5.74, 6) is 0.0125. The third kappa shape index (κ3) is 2.79. The van der Waals surface area contributed by atoms with Gasteiger partial charge in [0.1, 0.15) is 0 Å². The molecule has 2 unspecified atom stereocenters. The van der Waals surface area contributed by atoms with Gasteiger partial charge in [0, 0.05) is 18.7 Å². The molecule has 5 heteroatoms. The molecule has 0 amide bonds. The van der Waals surface area contributed by atoms with Crippen molar-refractivity contribution in [2.75, 3.05) is 25.5 Å². The summed E-state index contributed by atoms with van der Waals surface area (Å²) in [5, 5.41) is 12.0. The standard InChI is InChI=1S/C12H18N2O3/c1-8-7-14(2)6-5-9(8)13-11-4-3-10(17-11)12(15)16/h3-4,8-9,13H,5-7H2,1-2H3,(H,15,16). The number of hydrogen-bond donors (Lipinski definition) is 2. The van der Waals surface area contributed by atoms with Crippen molar-refractivity contribution in [1.29, 1.82) is 0 Å². The molecule has 1 aliphatic heterocycles. The van der Waals surface area contributed by atoms with Crippen molar-refractivity contribution in [3.8, 4) is 0 Å². The Morgan fingerprint density at radius 2 is 2.35 bits per heavy atom. The van der Waals surface area contributed by atoms with Crippen LogP contribution in [-0.2, 0) is 0 Å². The molecular formula is C12H18N2O3. The summed E-state index contributed by atoms with van der Waals surface area (Å²) in [6.07, 6.45) is 1.04. The van der Waals surface area contributed by atoms with Crippen molar-refractivity contribution in [3.05, 3.63) is 17.9 Å². The fraction of sp³-hybridized carbons (Fsp3) is 0.583. The van der Waals surface area contributed by atoms with Gasteiger partial charge < -0.3 is 19.7 Å². The number of aromatic carboxylic acids is 1. The maximum Gasteiger partial charge on any atom is 0.371 e. The van der Waals surface area contributed by atoms with Gasteiger partial charge in [-0.2, -0.15) is 0 Å². The topological polar surface area (TPSA) is 65.7 Å². The van der Waals surface area contributed by atoms with Gasteiger partial charge in [-0.05, 0) is 32.0 Å². The average molecular weight is 238 g/mol. The van der Waals surface area contributed by atoms with Crippen LogP contribution in [0.15, 0.2) is 16.5 Å². The number of carboxylic acids is 1. The van der Waals surface area contributed by atoms with Gasteiger partial charge >= 0.3 is 5.97 Å². The van der Waals surface area contributed by atoms with E-state index in [0.29, 0.717) is 17.8 Å². The minimum absolute atomic E-state index is 0.0203. The number of likely N-dealkylation sites (tertiary alicyclic amines) is 1. The van der Waals surface area contributed by atoms with E-state index in [1.54, 1.807) is 6.07 Å². The lowest BCUT2D eigenvalue weighted by atomic mass is 9.94. The van der Waals surface area contributed by atoms with Crippen LogP contribution >= 0.6 is 0 Å². The first-order valence-electron chi connectivity index (χ1n) is 5.84. The number of furan rings is 1. The van der Waals surface area contributed by atoms with E-state index in [9.17, 15) is 4.79 Å². The van der Waals surface area contributed by atoms with E-state index >= 15 is 0 Å². The molecule has 5 nitrogen and oxygen atoms in total. The third-order valence-corrected chi connectivity index (χ3v) is 3.25. The smallest absolute Gasteiger partial charge is 0.371 e. The predicted octanol–water partition coefficient (Wildman–Crippen LogP) is 1.73. The molecule has 0 bridgehead atoms. The van der Waals surface area contributed by atoms with Gasteiger partial charge in [-0.15, -0.1) is 0 Å². The lowest BCUT2D eigenvalue weighted by Crippen LogP contribution is -2.43. The Labute approximate surface area is 100 Å². The van der Waals surface area contributed by atoms with Gasteiger partial charge in [0.05, 0.1) is 0 Å². The quantitative estimate of drug-likeness (QED) is 0.839. The Morgan fingerprint density at radius 1 is 1.59 bits per heavy atom. The molecule has 17 heavy (non-hydrogen) atoms. The summed E-state index contributed by atoms with van der Waals surface area (Å²) in [5.41, 5.74) is 0. The number of piperidine rings is 1. The van der Waals surface area contributed by atoms with E-state index in [-0.39, 0.29) is 5.76 Å². The summed E-state index contributed by atoms with van der Waals surface area (Å²) in [4.78, 5) is 13.0. The highest BCUT2D eigenvalue weighted by molar-refractivity contribution is 5.84. The van der Waals surface area contributed by atoms with Gasteiger partial charge in [0.25, 0.3) is 0 Å². The van der Waals surface area contributed by atoms with Crippen LogP contribution in [0, 0.1) is 5.92 Å². The van der Waals surface area contributed by atoms with Crippen LogP contribution in [-0.4, -0.2) is 42.2 Å². The van der Waals surface area contributed by atoms with Crippen molar-refractivity contribution in [3.63, 3.8) is 0 Å². The van der Waals surface area contributed by atoms with Crippen LogP contribution in [0.25, 0.3) is 0 Å². The molecule has 1 aromatic rings. The highest BCUT2D eigenvalue weighted by atomic mass is 16.4. The second-order valence-corrected chi connectivity index (χ2v) is 4.75. The zero-order chi connectivity index (χ0) is 12.4.